The fraction of sp³-hybridized carbons (Fsp3) is 0.263. The van der Waals surface area contributed by atoms with Gasteiger partial charge in [-0.05, 0) is 36.8 Å². The van der Waals surface area contributed by atoms with E-state index in [1.54, 1.807) is 48.0 Å². The van der Waals surface area contributed by atoms with Gasteiger partial charge >= 0.3 is 5.97 Å². The van der Waals surface area contributed by atoms with E-state index in [1.165, 1.54) is 11.1 Å². The molecule has 0 unspecified atom stereocenters. The number of aryl methyl sites for hydroxylation is 1. The zero-order valence-corrected chi connectivity index (χ0v) is 15.1. The summed E-state index contributed by atoms with van der Waals surface area (Å²) in [4.78, 5) is 24.4. The Kier molecular flexibility index (Phi) is 6.89. The molecule has 0 aromatic heterocycles. The molecule has 2 rings (SSSR count). The van der Waals surface area contributed by atoms with E-state index in [1.807, 2.05) is 6.07 Å². The van der Waals surface area contributed by atoms with Crippen LogP contribution in [0, 0.1) is 6.92 Å². The average molecular weight is 359 g/mol. The second-order valence-corrected chi connectivity index (χ2v) is 6.60. The molecule has 1 N–H and O–H groups in total. The summed E-state index contributed by atoms with van der Waals surface area (Å²) in [6.07, 6.45) is 0. The Morgan fingerprint density at radius 2 is 1.88 bits per heavy atom. The Morgan fingerprint density at radius 1 is 1.16 bits per heavy atom. The first kappa shape index (κ1) is 18.9. The highest BCUT2D eigenvalue weighted by molar-refractivity contribution is 7.99. The number of anilines is 1. The first-order valence-corrected chi connectivity index (χ1v) is 8.95. The normalized spacial score (nSPS) is 10.3. The molecule has 0 heterocycles. The van der Waals surface area contributed by atoms with E-state index in [4.69, 9.17) is 9.84 Å². The lowest BCUT2D eigenvalue weighted by atomic mass is 10.2. The van der Waals surface area contributed by atoms with Gasteiger partial charge in [0.1, 0.15) is 5.75 Å². The molecule has 0 atom stereocenters. The van der Waals surface area contributed by atoms with Gasteiger partial charge in [0.15, 0.2) is 6.61 Å². The first-order valence-electron chi connectivity index (χ1n) is 7.80. The molecule has 2 aromatic rings. The minimum absolute atomic E-state index is 0.0110. The van der Waals surface area contributed by atoms with E-state index in [-0.39, 0.29) is 12.5 Å². The van der Waals surface area contributed by atoms with Crippen LogP contribution < -0.4 is 9.64 Å². The van der Waals surface area contributed by atoms with Gasteiger partial charge in [0.25, 0.3) is 0 Å². The van der Waals surface area contributed by atoms with E-state index < -0.39 is 5.97 Å². The van der Waals surface area contributed by atoms with E-state index in [0.29, 0.717) is 11.5 Å². The third kappa shape index (κ3) is 6.15. The summed E-state index contributed by atoms with van der Waals surface area (Å²) in [5, 5.41) is 8.59. The van der Waals surface area contributed by atoms with Crippen LogP contribution in [0.2, 0.25) is 0 Å². The maximum absolute atomic E-state index is 12.3. The molecule has 5 nitrogen and oxygen atoms in total. The van der Waals surface area contributed by atoms with Crippen molar-refractivity contribution in [1.82, 2.24) is 0 Å². The SMILES string of the molecule is Cc1cccc(CSCC(=O)N(C)c2ccc(OCC(=O)O)cc2)c1. The van der Waals surface area contributed by atoms with Crippen LogP contribution in [0.25, 0.3) is 0 Å². The molecular weight excluding hydrogens is 338 g/mol. The van der Waals surface area contributed by atoms with Crippen LogP contribution in [0.5, 0.6) is 5.75 Å². The van der Waals surface area contributed by atoms with Crippen LogP contribution in [0.4, 0.5) is 5.69 Å². The molecule has 0 radical (unpaired) electrons. The van der Waals surface area contributed by atoms with Crippen LogP contribution in [0.15, 0.2) is 48.5 Å². The molecule has 0 saturated carbocycles. The number of carbonyl (C=O) groups is 2. The van der Waals surface area contributed by atoms with Crippen molar-refractivity contribution in [2.24, 2.45) is 0 Å². The summed E-state index contributed by atoms with van der Waals surface area (Å²) in [6, 6.07) is 15.0. The van der Waals surface area contributed by atoms with Gasteiger partial charge in [0.2, 0.25) is 5.91 Å². The molecule has 0 fully saturated rings. The topological polar surface area (TPSA) is 66.8 Å². The van der Waals surface area contributed by atoms with Gasteiger partial charge < -0.3 is 14.7 Å². The quantitative estimate of drug-likeness (QED) is 0.783. The number of aliphatic carboxylic acids is 1. The summed E-state index contributed by atoms with van der Waals surface area (Å²) in [7, 11) is 1.72. The zero-order valence-electron chi connectivity index (χ0n) is 14.3. The van der Waals surface area contributed by atoms with Gasteiger partial charge in [0, 0.05) is 18.5 Å². The molecule has 0 spiro atoms. The van der Waals surface area contributed by atoms with Crippen LogP contribution >= 0.6 is 11.8 Å². The van der Waals surface area contributed by atoms with Crippen molar-refractivity contribution >= 4 is 29.3 Å². The van der Waals surface area contributed by atoms with Crippen molar-refractivity contribution in [3.8, 4) is 5.75 Å². The summed E-state index contributed by atoms with van der Waals surface area (Å²) >= 11 is 1.58. The second-order valence-electron chi connectivity index (χ2n) is 5.61. The van der Waals surface area contributed by atoms with Crippen LogP contribution in [0.3, 0.4) is 0 Å². The Balaban J connectivity index is 1.83. The number of benzene rings is 2. The molecule has 0 aliphatic rings. The van der Waals surface area contributed by atoms with Crippen LogP contribution in [0.1, 0.15) is 11.1 Å². The monoisotopic (exact) mass is 359 g/mol. The van der Waals surface area contributed by atoms with E-state index in [9.17, 15) is 9.59 Å². The average Bonchev–Trinajstić information content (AvgIpc) is 2.59. The second kappa shape index (κ2) is 9.13. The molecule has 6 heteroatoms. The number of nitrogens with zero attached hydrogens (tertiary/aromatic N) is 1. The van der Waals surface area contributed by atoms with Crippen LogP contribution in [-0.2, 0) is 15.3 Å². The van der Waals surface area contributed by atoms with Gasteiger partial charge in [-0.2, -0.15) is 0 Å². The van der Waals surface area contributed by atoms with E-state index in [2.05, 4.69) is 25.1 Å². The Labute approximate surface area is 151 Å². The lowest BCUT2D eigenvalue weighted by Gasteiger charge is -2.17. The molecule has 132 valence electrons. The standard InChI is InChI=1S/C19H21NO4S/c1-14-4-3-5-15(10-14)12-25-13-18(21)20(2)16-6-8-17(9-7-16)24-11-19(22)23/h3-10H,11-13H2,1-2H3,(H,22,23). The third-order valence-corrected chi connectivity index (χ3v) is 4.53. The molecule has 0 saturated heterocycles. The maximum Gasteiger partial charge on any atom is 0.341 e. The smallest absolute Gasteiger partial charge is 0.341 e. The van der Waals surface area contributed by atoms with Crippen molar-refractivity contribution in [2.45, 2.75) is 12.7 Å². The van der Waals surface area contributed by atoms with Crippen molar-refractivity contribution in [3.05, 3.63) is 59.7 Å². The summed E-state index contributed by atoms with van der Waals surface area (Å²) in [6.45, 7) is 1.67. The van der Waals surface area contributed by atoms with E-state index in [0.717, 1.165) is 11.4 Å². The molecule has 25 heavy (non-hydrogen) atoms. The number of hydrogen-bond acceptors (Lipinski definition) is 4. The third-order valence-electron chi connectivity index (χ3n) is 3.54. The molecule has 0 aliphatic heterocycles. The van der Waals surface area contributed by atoms with E-state index >= 15 is 0 Å². The first-order chi connectivity index (χ1) is 12.0. The highest BCUT2D eigenvalue weighted by Crippen LogP contribution is 2.20. The van der Waals surface area contributed by atoms with Crippen molar-refractivity contribution in [1.29, 1.82) is 0 Å². The number of carboxylic acid groups (broad SMARTS) is 1. The number of rotatable bonds is 8. The summed E-state index contributed by atoms with van der Waals surface area (Å²) < 4.78 is 5.08. The number of amides is 1. The Bertz CT molecular complexity index is 730. The van der Waals surface area contributed by atoms with Gasteiger partial charge in [0.05, 0.1) is 5.75 Å². The van der Waals surface area contributed by atoms with Gasteiger partial charge in [-0.3, -0.25) is 4.79 Å². The molecule has 0 aliphatic carbocycles. The highest BCUT2D eigenvalue weighted by Gasteiger charge is 2.11. The zero-order chi connectivity index (χ0) is 18.2. The minimum Gasteiger partial charge on any atom is -0.482 e. The van der Waals surface area contributed by atoms with Crippen molar-refractivity contribution in [2.75, 3.05) is 24.3 Å². The molecule has 2 aromatic carbocycles. The fourth-order valence-electron chi connectivity index (χ4n) is 2.21. The highest BCUT2D eigenvalue weighted by atomic mass is 32.2. The van der Waals surface area contributed by atoms with Crippen LogP contribution in [-0.4, -0.2) is 36.4 Å². The van der Waals surface area contributed by atoms with Crippen molar-refractivity contribution in [3.63, 3.8) is 0 Å². The Hall–Kier alpha value is -2.47. The fourth-order valence-corrected chi connectivity index (χ4v) is 3.10. The number of hydrogen-bond donors (Lipinski definition) is 1. The summed E-state index contributed by atoms with van der Waals surface area (Å²) in [5.41, 5.74) is 3.16. The predicted molar refractivity (Wildman–Crippen MR) is 100 cm³/mol. The molecular formula is C19H21NO4S. The number of carbonyl (C=O) groups excluding carboxylic acids is 1. The predicted octanol–water partition coefficient (Wildman–Crippen LogP) is 3.35. The number of carboxylic acids is 1. The lowest BCUT2D eigenvalue weighted by molar-refractivity contribution is -0.139. The number of ether oxygens (including phenoxy) is 1. The Morgan fingerprint density at radius 3 is 2.52 bits per heavy atom. The molecule has 0 bridgehead atoms. The molecule has 1 amide bonds. The lowest BCUT2D eigenvalue weighted by Crippen LogP contribution is -2.27. The maximum atomic E-state index is 12.3. The van der Waals surface area contributed by atoms with Crippen molar-refractivity contribution < 1.29 is 19.4 Å². The van der Waals surface area contributed by atoms with Gasteiger partial charge in [-0.1, -0.05) is 29.8 Å². The van der Waals surface area contributed by atoms with Gasteiger partial charge in [-0.25, -0.2) is 4.79 Å². The number of thioether (sulfide) groups is 1. The van der Waals surface area contributed by atoms with Gasteiger partial charge in [-0.15, -0.1) is 11.8 Å². The summed E-state index contributed by atoms with van der Waals surface area (Å²) in [5.74, 6) is 0.630. The minimum atomic E-state index is -1.03. The largest absolute Gasteiger partial charge is 0.482 e.